The van der Waals surface area contributed by atoms with Crippen LogP contribution in [0.5, 0.6) is 0 Å². The minimum Gasteiger partial charge on any atom is -0.0851 e. The molecule has 0 saturated carbocycles. The Kier molecular flexibility index (Phi) is 3.58. The van der Waals surface area contributed by atoms with Gasteiger partial charge in [0.2, 0.25) is 0 Å². The van der Waals surface area contributed by atoms with E-state index in [-0.39, 0.29) is 0 Å². The molecule has 0 aromatic rings. The summed E-state index contributed by atoms with van der Waals surface area (Å²) in [5, 5.41) is 0. The average molecular weight is 191 g/mol. The molecule has 0 amide bonds. The molecule has 0 saturated heterocycles. The van der Waals surface area contributed by atoms with Crippen molar-refractivity contribution in [3.8, 4) is 0 Å². The smallest absolute Gasteiger partial charge is 0.00817 e. The SMILES string of the molecule is C[CH]C(C)C=CC1CC=C(C)C1(C)C. The summed E-state index contributed by atoms with van der Waals surface area (Å²) in [6.45, 7) is 11.3. The summed E-state index contributed by atoms with van der Waals surface area (Å²) in [4.78, 5) is 0. The Labute approximate surface area is 89.1 Å². The van der Waals surface area contributed by atoms with Gasteiger partial charge in [0.15, 0.2) is 0 Å². The Morgan fingerprint density at radius 3 is 2.57 bits per heavy atom. The van der Waals surface area contributed by atoms with E-state index < -0.39 is 0 Å². The highest BCUT2D eigenvalue weighted by molar-refractivity contribution is 5.22. The van der Waals surface area contributed by atoms with Gasteiger partial charge in [-0.2, -0.15) is 0 Å². The lowest BCUT2D eigenvalue weighted by Crippen LogP contribution is -2.18. The Balaban J connectivity index is 2.61. The second-order valence-electron chi connectivity index (χ2n) is 5.03. The first kappa shape index (κ1) is 11.6. The van der Waals surface area contributed by atoms with Crippen molar-refractivity contribution in [2.45, 2.75) is 41.0 Å². The van der Waals surface area contributed by atoms with Crippen molar-refractivity contribution in [3.63, 3.8) is 0 Å². The van der Waals surface area contributed by atoms with Crippen LogP contribution in [0.4, 0.5) is 0 Å². The molecule has 1 aliphatic rings. The second kappa shape index (κ2) is 4.33. The minimum absolute atomic E-state index is 0.365. The summed E-state index contributed by atoms with van der Waals surface area (Å²) in [6, 6.07) is 0. The fraction of sp³-hybridized carbons (Fsp3) is 0.643. The standard InChI is InChI=1S/C14H23/c1-6-11(2)7-9-13-10-8-12(3)14(13,4)5/h6-9,11,13H,10H2,1-5H3. The van der Waals surface area contributed by atoms with Crippen molar-refractivity contribution < 1.29 is 0 Å². The molecule has 1 rings (SSSR count). The third-order valence-electron chi connectivity index (χ3n) is 3.79. The van der Waals surface area contributed by atoms with Crippen molar-refractivity contribution in [1.82, 2.24) is 0 Å². The van der Waals surface area contributed by atoms with E-state index in [1.54, 1.807) is 5.57 Å². The van der Waals surface area contributed by atoms with E-state index in [1.807, 2.05) is 0 Å². The van der Waals surface area contributed by atoms with Gasteiger partial charge in [0, 0.05) is 0 Å². The molecule has 0 N–H and O–H groups in total. The summed E-state index contributed by atoms with van der Waals surface area (Å²) in [5.74, 6) is 1.30. The normalized spacial score (nSPS) is 28.1. The lowest BCUT2D eigenvalue weighted by molar-refractivity contribution is 0.350. The van der Waals surface area contributed by atoms with Gasteiger partial charge >= 0.3 is 0 Å². The van der Waals surface area contributed by atoms with Gasteiger partial charge in [-0.25, -0.2) is 0 Å². The van der Waals surface area contributed by atoms with Gasteiger partial charge in [0.25, 0.3) is 0 Å². The summed E-state index contributed by atoms with van der Waals surface area (Å²) in [7, 11) is 0. The highest BCUT2D eigenvalue weighted by Gasteiger charge is 2.32. The highest BCUT2D eigenvalue weighted by atomic mass is 14.4. The van der Waals surface area contributed by atoms with E-state index in [0.29, 0.717) is 17.3 Å². The summed E-state index contributed by atoms with van der Waals surface area (Å²) < 4.78 is 0. The lowest BCUT2D eigenvalue weighted by atomic mass is 9.77. The predicted octanol–water partition coefficient (Wildman–Crippen LogP) is 4.40. The van der Waals surface area contributed by atoms with Gasteiger partial charge in [-0.15, -0.1) is 0 Å². The molecule has 0 spiro atoms. The van der Waals surface area contributed by atoms with Gasteiger partial charge in [-0.1, -0.05) is 51.5 Å². The van der Waals surface area contributed by atoms with Crippen LogP contribution in [0.2, 0.25) is 0 Å². The zero-order valence-corrected chi connectivity index (χ0v) is 10.2. The first-order valence-electron chi connectivity index (χ1n) is 5.63. The van der Waals surface area contributed by atoms with Crippen LogP contribution in [0, 0.1) is 23.7 Å². The topological polar surface area (TPSA) is 0 Å². The molecule has 14 heavy (non-hydrogen) atoms. The van der Waals surface area contributed by atoms with Crippen LogP contribution in [-0.4, -0.2) is 0 Å². The summed E-state index contributed by atoms with van der Waals surface area (Å²) in [6.07, 6.45) is 10.6. The molecule has 2 unspecified atom stereocenters. The Bertz CT molecular complexity index is 243. The zero-order valence-electron chi connectivity index (χ0n) is 10.2. The van der Waals surface area contributed by atoms with Crippen LogP contribution < -0.4 is 0 Å². The van der Waals surface area contributed by atoms with E-state index in [4.69, 9.17) is 0 Å². The van der Waals surface area contributed by atoms with Crippen molar-refractivity contribution in [2.75, 3.05) is 0 Å². The van der Waals surface area contributed by atoms with Crippen molar-refractivity contribution >= 4 is 0 Å². The molecule has 79 valence electrons. The molecule has 0 bridgehead atoms. The molecular weight excluding hydrogens is 168 g/mol. The minimum atomic E-state index is 0.365. The molecule has 1 aliphatic carbocycles. The van der Waals surface area contributed by atoms with E-state index in [2.05, 4.69) is 59.3 Å². The van der Waals surface area contributed by atoms with E-state index in [0.717, 1.165) is 0 Å². The van der Waals surface area contributed by atoms with E-state index >= 15 is 0 Å². The summed E-state index contributed by atoms with van der Waals surface area (Å²) >= 11 is 0. The molecule has 0 heteroatoms. The molecule has 2 atom stereocenters. The van der Waals surface area contributed by atoms with Gasteiger partial charge in [-0.05, 0) is 37.0 Å². The molecule has 0 fully saturated rings. The van der Waals surface area contributed by atoms with E-state index in [1.165, 1.54) is 6.42 Å². The zero-order chi connectivity index (χ0) is 10.8. The maximum Gasteiger partial charge on any atom is -0.00817 e. The lowest BCUT2D eigenvalue weighted by Gasteiger charge is -2.27. The van der Waals surface area contributed by atoms with Gasteiger partial charge in [0.1, 0.15) is 0 Å². The van der Waals surface area contributed by atoms with Crippen molar-refractivity contribution in [2.24, 2.45) is 17.3 Å². The Hall–Kier alpha value is -0.520. The number of rotatable bonds is 3. The average Bonchev–Trinajstić information content (AvgIpc) is 2.39. The molecule has 0 aliphatic heterocycles. The molecular formula is C14H23. The highest BCUT2D eigenvalue weighted by Crippen LogP contribution is 2.43. The predicted molar refractivity (Wildman–Crippen MR) is 63.9 cm³/mol. The third-order valence-corrected chi connectivity index (χ3v) is 3.79. The molecule has 0 aromatic heterocycles. The first-order chi connectivity index (χ1) is 6.48. The Morgan fingerprint density at radius 2 is 2.14 bits per heavy atom. The Morgan fingerprint density at radius 1 is 1.50 bits per heavy atom. The van der Waals surface area contributed by atoms with Crippen LogP contribution in [0.15, 0.2) is 23.8 Å². The monoisotopic (exact) mass is 191 g/mol. The van der Waals surface area contributed by atoms with Gasteiger partial charge < -0.3 is 0 Å². The van der Waals surface area contributed by atoms with E-state index in [9.17, 15) is 0 Å². The first-order valence-corrected chi connectivity index (χ1v) is 5.63. The van der Waals surface area contributed by atoms with Crippen LogP contribution >= 0.6 is 0 Å². The van der Waals surface area contributed by atoms with Crippen LogP contribution in [0.3, 0.4) is 0 Å². The molecule has 0 aromatic carbocycles. The van der Waals surface area contributed by atoms with Crippen LogP contribution in [-0.2, 0) is 0 Å². The van der Waals surface area contributed by atoms with Gasteiger partial charge in [-0.3, -0.25) is 0 Å². The number of hydrogen-bond acceptors (Lipinski definition) is 0. The maximum absolute atomic E-state index is 2.40. The van der Waals surface area contributed by atoms with Crippen LogP contribution in [0.25, 0.3) is 0 Å². The fourth-order valence-corrected chi connectivity index (χ4v) is 1.89. The quantitative estimate of drug-likeness (QED) is 0.580. The maximum atomic E-state index is 2.40. The second-order valence-corrected chi connectivity index (χ2v) is 5.03. The van der Waals surface area contributed by atoms with Crippen molar-refractivity contribution in [3.05, 3.63) is 30.2 Å². The fourth-order valence-electron chi connectivity index (χ4n) is 1.89. The number of hydrogen-bond donors (Lipinski definition) is 0. The molecule has 1 radical (unpaired) electrons. The largest absolute Gasteiger partial charge is 0.0851 e. The van der Waals surface area contributed by atoms with Gasteiger partial charge in [0.05, 0.1) is 0 Å². The third kappa shape index (κ3) is 2.29. The molecule has 0 nitrogen and oxygen atoms in total. The molecule has 0 heterocycles. The number of allylic oxidation sites excluding steroid dienone is 4. The van der Waals surface area contributed by atoms with Crippen molar-refractivity contribution in [1.29, 1.82) is 0 Å². The van der Waals surface area contributed by atoms with Crippen LogP contribution in [0.1, 0.15) is 41.0 Å². The summed E-state index contributed by atoms with van der Waals surface area (Å²) in [5.41, 5.74) is 1.91.